The number of carbonyl (C=O) groups excluding carboxylic acids is 2. The first-order valence-corrected chi connectivity index (χ1v) is 17.5. The summed E-state index contributed by atoms with van der Waals surface area (Å²) in [7, 11) is -3.84. The second-order valence-corrected chi connectivity index (χ2v) is 14.3. The first-order valence-electron chi connectivity index (χ1n) is 14.9. The topological polar surface area (TPSA) is 110 Å². The highest BCUT2D eigenvalue weighted by Crippen LogP contribution is 2.29. The molecule has 5 aromatic rings. The Morgan fingerprint density at radius 2 is 1.70 bits per heavy atom. The van der Waals surface area contributed by atoms with Crippen LogP contribution in [0.15, 0.2) is 79.0 Å². The highest BCUT2D eigenvalue weighted by molar-refractivity contribution is 7.92. The van der Waals surface area contributed by atoms with E-state index in [4.69, 9.17) is 27.9 Å². The fourth-order valence-electron chi connectivity index (χ4n) is 5.45. The molecule has 0 radical (unpaired) electrons. The van der Waals surface area contributed by atoms with Crippen molar-refractivity contribution in [2.24, 2.45) is 0 Å². The Hall–Kier alpha value is -4.05. The lowest BCUT2D eigenvalue weighted by Gasteiger charge is -2.11. The Morgan fingerprint density at radius 3 is 2.43 bits per heavy atom. The fourth-order valence-corrected chi connectivity index (χ4v) is 6.83. The van der Waals surface area contributed by atoms with E-state index < -0.39 is 21.4 Å². The number of amides is 1. The van der Waals surface area contributed by atoms with Crippen molar-refractivity contribution in [2.45, 2.75) is 33.2 Å². The summed E-state index contributed by atoms with van der Waals surface area (Å²) < 4.78 is 33.8. The number of halogens is 2. The lowest BCUT2D eigenvalue weighted by atomic mass is 10.0. The van der Waals surface area contributed by atoms with Gasteiger partial charge in [0.2, 0.25) is 0 Å². The van der Waals surface area contributed by atoms with E-state index in [1.807, 2.05) is 62.4 Å². The van der Waals surface area contributed by atoms with E-state index in [1.54, 1.807) is 35.0 Å². The number of rotatable bonds is 14. The molecule has 0 unspecified atom stereocenters. The smallest absolute Gasteiger partial charge is 0.267 e. The lowest BCUT2D eigenvalue weighted by Crippen LogP contribution is -2.32. The molecule has 3 aromatic carbocycles. The normalized spacial score (nSPS) is 11.6. The van der Waals surface area contributed by atoms with Crippen molar-refractivity contribution < 1.29 is 22.7 Å². The van der Waals surface area contributed by atoms with Crippen LogP contribution in [-0.2, 0) is 22.8 Å². The predicted octanol–water partition coefficient (Wildman–Crippen LogP) is 6.98. The van der Waals surface area contributed by atoms with Crippen LogP contribution >= 0.6 is 23.2 Å². The average molecular weight is 681 g/mol. The first-order chi connectivity index (χ1) is 22.0. The summed E-state index contributed by atoms with van der Waals surface area (Å²) in [5.74, 6) is -1.29. The zero-order chi connectivity index (χ0) is 32.8. The number of benzene rings is 3. The van der Waals surface area contributed by atoms with Gasteiger partial charge < -0.3 is 19.6 Å². The largest absolute Gasteiger partial charge is 0.494 e. The van der Waals surface area contributed by atoms with Crippen LogP contribution in [0.5, 0.6) is 5.75 Å². The number of aryl methyl sites for hydroxylation is 3. The highest BCUT2D eigenvalue weighted by atomic mass is 35.5. The number of carbonyl (C=O) groups is 2. The van der Waals surface area contributed by atoms with Gasteiger partial charge in [-0.05, 0) is 85.3 Å². The zero-order valence-corrected chi connectivity index (χ0v) is 27.9. The van der Waals surface area contributed by atoms with Gasteiger partial charge in [0.25, 0.3) is 5.91 Å². The summed E-state index contributed by atoms with van der Waals surface area (Å²) in [6.45, 7) is 4.62. The van der Waals surface area contributed by atoms with E-state index in [0.717, 1.165) is 22.1 Å². The van der Waals surface area contributed by atoms with Gasteiger partial charge in [0.1, 0.15) is 17.2 Å². The fraction of sp³-hybridized carbons (Fsp3) is 0.257. The van der Waals surface area contributed by atoms with Crippen LogP contribution in [0.2, 0.25) is 10.0 Å². The number of sulfone groups is 1. The highest BCUT2D eigenvalue weighted by Gasteiger charge is 2.24. The monoisotopic (exact) mass is 679 g/mol. The molecule has 0 saturated heterocycles. The molecule has 0 fully saturated rings. The molecule has 2 heterocycles. The maximum atomic E-state index is 13.4. The van der Waals surface area contributed by atoms with E-state index in [0.29, 0.717) is 58.6 Å². The number of nitrogens with one attached hydrogen (secondary N) is 2. The molecule has 5 rings (SSSR count). The van der Waals surface area contributed by atoms with E-state index in [1.165, 1.54) is 0 Å². The molecule has 0 aliphatic carbocycles. The maximum absolute atomic E-state index is 13.4. The van der Waals surface area contributed by atoms with Crippen molar-refractivity contribution in [3.05, 3.63) is 123 Å². The quantitative estimate of drug-likeness (QED) is 0.0972. The summed E-state index contributed by atoms with van der Waals surface area (Å²) >= 11 is 12.5. The van der Waals surface area contributed by atoms with Gasteiger partial charge in [0.15, 0.2) is 15.6 Å². The van der Waals surface area contributed by atoms with Gasteiger partial charge in [-0.25, -0.2) is 8.42 Å². The van der Waals surface area contributed by atoms with Crippen LogP contribution in [0.1, 0.15) is 49.7 Å². The number of aromatic nitrogens is 2. The molecule has 0 spiro atoms. The van der Waals surface area contributed by atoms with Gasteiger partial charge in [0.05, 0.1) is 18.1 Å². The van der Waals surface area contributed by atoms with Gasteiger partial charge >= 0.3 is 0 Å². The molecule has 0 aliphatic heterocycles. The third-order valence-corrected chi connectivity index (χ3v) is 10.1. The van der Waals surface area contributed by atoms with E-state index >= 15 is 0 Å². The third-order valence-electron chi connectivity index (χ3n) is 7.70. The molecule has 0 atom stereocenters. The summed E-state index contributed by atoms with van der Waals surface area (Å²) in [4.78, 5) is 29.4. The zero-order valence-electron chi connectivity index (χ0n) is 25.6. The van der Waals surface area contributed by atoms with Crippen molar-refractivity contribution in [3.63, 3.8) is 0 Å². The summed E-state index contributed by atoms with van der Waals surface area (Å²) in [5.41, 5.74) is 4.91. The van der Waals surface area contributed by atoms with Crippen molar-refractivity contribution in [1.82, 2.24) is 14.9 Å². The standard InChI is InChI=1S/C35H35Cl2N3O5S/c1-23-18-27(19-24(2)33(23)37)45-16-7-10-29-28-13-12-26(36)20-30(28)39-34(29)32(41)22-46(43,44)17-14-38-35(42)31-11-6-15-40(31)21-25-8-4-3-5-9-25/h3-6,8-9,11-13,15,18-20,39H,7,10,14,16-17,21-22H2,1-2H3,(H,38,42). The minimum absolute atomic E-state index is 0.124. The molecule has 0 bridgehead atoms. The SMILES string of the molecule is Cc1cc(OCCCc2c(C(=O)CS(=O)(=O)CCNC(=O)c3cccn3Cc3ccccc3)[nH]c3cc(Cl)ccc23)cc(C)c1Cl. The van der Waals surface area contributed by atoms with Crippen LogP contribution in [-0.4, -0.2) is 54.3 Å². The van der Waals surface area contributed by atoms with Crippen molar-refractivity contribution in [1.29, 1.82) is 0 Å². The van der Waals surface area contributed by atoms with Gasteiger partial charge in [-0.2, -0.15) is 0 Å². The van der Waals surface area contributed by atoms with Crippen LogP contribution in [0.4, 0.5) is 0 Å². The number of Topliss-reactive ketones (excluding diaryl/α,β-unsaturated/α-hetero) is 1. The third kappa shape index (κ3) is 8.20. The molecule has 0 saturated carbocycles. The number of nitrogens with zero attached hydrogens (tertiary/aromatic N) is 1. The Bertz CT molecular complexity index is 1960. The summed E-state index contributed by atoms with van der Waals surface area (Å²) in [5, 5.41) is 4.69. The molecule has 8 nitrogen and oxygen atoms in total. The second kappa shape index (κ2) is 14.6. The molecule has 1 amide bonds. The Balaban J connectivity index is 1.20. The molecule has 2 N–H and O–H groups in total. The van der Waals surface area contributed by atoms with Crippen molar-refractivity contribution >= 4 is 55.6 Å². The molecule has 0 aliphatic rings. The van der Waals surface area contributed by atoms with Crippen LogP contribution in [0.25, 0.3) is 10.9 Å². The molecular formula is C35H35Cl2N3O5S. The molecule has 2 aromatic heterocycles. The number of hydrogen-bond acceptors (Lipinski definition) is 5. The summed E-state index contributed by atoms with van der Waals surface area (Å²) in [6.07, 6.45) is 2.86. The van der Waals surface area contributed by atoms with Crippen molar-refractivity contribution in [3.8, 4) is 5.75 Å². The number of ketones is 1. The van der Waals surface area contributed by atoms with Gasteiger partial charge in [-0.1, -0.05) is 59.6 Å². The van der Waals surface area contributed by atoms with E-state index in [-0.39, 0.29) is 23.9 Å². The Morgan fingerprint density at radius 1 is 0.957 bits per heavy atom. The van der Waals surface area contributed by atoms with Crippen molar-refractivity contribution in [2.75, 3.05) is 24.7 Å². The number of aromatic amines is 1. The lowest BCUT2D eigenvalue weighted by molar-refractivity contribution is 0.0946. The number of ether oxygens (including phenoxy) is 1. The van der Waals surface area contributed by atoms with E-state index in [2.05, 4.69) is 10.3 Å². The average Bonchev–Trinajstić information content (AvgIpc) is 3.62. The van der Waals surface area contributed by atoms with Gasteiger partial charge in [0, 0.05) is 40.2 Å². The maximum Gasteiger partial charge on any atom is 0.267 e. The minimum Gasteiger partial charge on any atom is -0.494 e. The minimum atomic E-state index is -3.84. The number of fused-ring (bicyclic) bond motifs is 1. The molecular weight excluding hydrogens is 645 g/mol. The Labute approximate surface area is 278 Å². The summed E-state index contributed by atoms with van der Waals surface area (Å²) in [6, 6.07) is 22.2. The Kier molecular flexibility index (Phi) is 10.6. The predicted molar refractivity (Wildman–Crippen MR) is 183 cm³/mol. The number of H-pyrrole nitrogens is 1. The first kappa shape index (κ1) is 33.3. The molecule has 11 heteroatoms. The van der Waals surface area contributed by atoms with Crippen LogP contribution < -0.4 is 10.1 Å². The number of hydrogen-bond donors (Lipinski definition) is 2. The van der Waals surface area contributed by atoms with Crippen LogP contribution in [0, 0.1) is 13.8 Å². The second-order valence-electron chi connectivity index (χ2n) is 11.3. The van der Waals surface area contributed by atoms with Gasteiger partial charge in [-0.3, -0.25) is 9.59 Å². The molecule has 240 valence electrons. The van der Waals surface area contributed by atoms with E-state index in [9.17, 15) is 18.0 Å². The molecule has 46 heavy (non-hydrogen) atoms. The van der Waals surface area contributed by atoms with Crippen LogP contribution in [0.3, 0.4) is 0 Å². The van der Waals surface area contributed by atoms with Gasteiger partial charge in [-0.15, -0.1) is 0 Å².